The lowest BCUT2D eigenvalue weighted by atomic mass is 9.82. The smallest absolute Gasteiger partial charge is 0.317 e. The summed E-state index contributed by atoms with van der Waals surface area (Å²) in [6.07, 6.45) is 0.449. The van der Waals surface area contributed by atoms with Crippen molar-refractivity contribution >= 4 is 6.03 Å². The van der Waals surface area contributed by atoms with Gasteiger partial charge in [0.15, 0.2) is 0 Å². The first-order valence-electron chi connectivity index (χ1n) is 9.80. The van der Waals surface area contributed by atoms with Gasteiger partial charge in [0.25, 0.3) is 0 Å². The predicted octanol–water partition coefficient (Wildman–Crippen LogP) is 4.38. The van der Waals surface area contributed by atoms with Crippen LogP contribution in [0.2, 0.25) is 0 Å². The van der Waals surface area contributed by atoms with E-state index >= 15 is 0 Å². The largest absolute Gasteiger partial charge is 0.338 e. The van der Waals surface area contributed by atoms with Crippen molar-refractivity contribution in [2.75, 3.05) is 13.1 Å². The number of amides is 2. The second-order valence-corrected chi connectivity index (χ2v) is 7.44. The van der Waals surface area contributed by atoms with Crippen molar-refractivity contribution in [3.8, 4) is 0 Å². The van der Waals surface area contributed by atoms with Crippen LogP contribution in [0.4, 0.5) is 13.6 Å². The fraction of sp³-hybridized carbons (Fsp3) is 0.524. The van der Waals surface area contributed by atoms with Crippen LogP contribution in [0.3, 0.4) is 0 Å². The van der Waals surface area contributed by atoms with Gasteiger partial charge in [0.2, 0.25) is 6.43 Å². The molecule has 3 rings (SSSR count). The number of hydrogen-bond donors (Lipinski definition) is 1. The highest BCUT2D eigenvalue weighted by Gasteiger charge is 2.35. The highest BCUT2D eigenvalue weighted by molar-refractivity contribution is 5.75. The lowest BCUT2D eigenvalue weighted by Gasteiger charge is -2.39. The Labute approximate surface area is 164 Å². The summed E-state index contributed by atoms with van der Waals surface area (Å²) in [5.74, 6) is 0.0608. The van der Waals surface area contributed by atoms with Crippen LogP contribution < -0.4 is 5.32 Å². The lowest BCUT2D eigenvalue weighted by molar-refractivity contribution is 0.134. The summed E-state index contributed by atoms with van der Waals surface area (Å²) in [6.45, 7) is 5.04. The number of unbranched alkanes of at least 4 members (excludes halogenated alkanes) is 1. The number of urea groups is 1. The average Bonchev–Trinajstić information content (AvgIpc) is 3.00. The number of aryl methyl sites for hydroxylation is 1. The molecule has 0 spiro atoms. The number of hydrogen-bond acceptors (Lipinski definition) is 2. The van der Waals surface area contributed by atoms with Crippen LogP contribution in [0.15, 0.2) is 30.5 Å². The van der Waals surface area contributed by atoms with Gasteiger partial charge in [-0.05, 0) is 37.8 Å². The van der Waals surface area contributed by atoms with Gasteiger partial charge in [-0.1, -0.05) is 24.3 Å². The zero-order valence-electron chi connectivity index (χ0n) is 16.7. The van der Waals surface area contributed by atoms with Gasteiger partial charge in [-0.2, -0.15) is 5.10 Å². The maximum absolute atomic E-state index is 12.8. The molecule has 0 radical (unpaired) electrons. The number of halogens is 2. The Morgan fingerprint density at radius 2 is 1.96 bits per heavy atom. The van der Waals surface area contributed by atoms with E-state index in [4.69, 9.17) is 0 Å². The molecule has 5 nitrogen and oxygen atoms in total. The van der Waals surface area contributed by atoms with E-state index < -0.39 is 6.43 Å². The molecule has 1 aromatic heterocycles. The number of rotatable bonds is 6. The Morgan fingerprint density at radius 3 is 2.61 bits per heavy atom. The number of benzene rings is 1. The first-order chi connectivity index (χ1) is 13.4. The molecule has 0 bridgehead atoms. The molecule has 0 fully saturated rings. The van der Waals surface area contributed by atoms with Crippen LogP contribution in [0.5, 0.6) is 0 Å². The second kappa shape index (κ2) is 8.71. The van der Waals surface area contributed by atoms with Crippen molar-refractivity contribution in [2.45, 2.75) is 51.5 Å². The molecule has 1 aliphatic heterocycles. The van der Waals surface area contributed by atoms with Crippen molar-refractivity contribution in [2.24, 2.45) is 7.05 Å². The molecule has 2 aromatic rings. The van der Waals surface area contributed by atoms with Crippen molar-refractivity contribution in [3.63, 3.8) is 0 Å². The van der Waals surface area contributed by atoms with Crippen molar-refractivity contribution in [3.05, 3.63) is 52.8 Å². The van der Waals surface area contributed by atoms with Crippen LogP contribution in [0.1, 0.15) is 60.5 Å². The predicted molar refractivity (Wildman–Crippen MR) is 105 cm³/mol. The standard InChI is InChI=1S/C21H28F2N4O/c1-14-18(12-25-26(14)3)19-13-27(15(2)16-8-4-5-9-17(16)19)21(28)24-11-7-6-10-20(22)23/h4-5,8-9,12,15,19-20H,6-7,10-11,13H2,1-3H3,(H,24,28)/t15-,19-/m0/s1. The fourth-order valence-electron chi connectivity index (χ4n) is 3.93. The summed E-state index contributed by atoms with van der Waals surface area (Å²) in [4.78, 5) is 14.7. The van der Waals surface area contributed by atoms with E-state index in [1.54, 1.807) is 0 Å². The summed E-state index contributed by atoms with van der Waals surface area (Å²) in [5, 5.41) is 7.27. The molecule has 0 unspecified atom stereocenters. The van der Waals surface area contributed by atoms with E-state index in [0.717, 1.165) is 16.8 Å². The van der Waals surface area contributed by atoms with E-state index in [9.17, 15) is 13.6 Å². The highest BCUT2D eigenvalue weighted by atomic mass is 19.3. The molecule has 1 N–H and O–H groups in total. The minimum Gasteiger partial charge on any atom is -0.338 e. The van der Waals surface area contributed by atoms with Gasteiger partial charge in [0.1, 0.15) is 0 Å². The van der Waals surface area contributed by atoms with Crippen LogP contribution in [0.25, 0.3) is 0 Å². The van der Waals surface area contributed by atoms with Gasteiger partial charge < -0.3 is 10.2 Å². The topological polar surface area (TPSA) is 50.2 Å². The first-order valence-corrected chi connectivity index (χ1v) is 9.80. The number of alkyl halides is 2. The Bertz CT molecular complexity index is 820. The van der Waals surface area contributed by atoms with E-state index in [0.29, 0.717) is 25.9 Å². The first kappa shape index (κ1) is 20.3. The van der Waals surface area contributed by atoms with E-state index in [-0.39, 0.29) is 24.4 Å². The van der Waals surface area contributed by atoms with Crippen molar-refractivity contribution in [1.82, 2.24) is 20.0 Å². The molecule has 2 amide bonds. The molecule has 0 aliphatic carbocycles. The maximum atomic E-state index is 12.8. The zero-order valence-corrected chi connectivity index (χ0v) is 16.7. The third kappa shape index (κ3) is 4.18. The van der Waals surface area contributed by atoms with Gasteiger partial charge in [-0.25, -0.2) is 13.6 Å². The lowest BCUT2D eigenvalue weighted by Crippen LogP contribution is -2.46. The molecular weight excluding hydrogens is 362 g/mol. The minimum atomic E-state index is -2.28. The zero-order chi connectivity index (χ0) is 20.3. The van der Waals surface area contributed by atoms with Crippen LogP contribution in [-0.2, 0) is 7.05 Å². The van der Waals surface area contributed by atoms with Crippen LogP contribution >= 0.6 is 0 Å². The molecule has 2 atom stereocenters. The summed E-state index contributed by atoms with van der Waals surface area (Å²) in [5.41, 5.74) is 4.57. The minimum absolute atomic E-state index is 0.0505. The third-order valence-corrected chi connectivity index (χ3v) is 5.70. The molecular formula is C21H28F2N4O. The Kier molecular flexibility index (Phi) is 6.31. The molecule has 152 valence electrons. The molecule has 0 saturated heterocycles. The van der Waals surface area contributed by atoms with Crippen LogP contribution in [-0.4, -0.2) is 40.2 Å². The normalized spacial score (nSPS) is 19.0. The van der Waals surface area contributed by atoms with Gasteiger partial charge in [-0.15, -0.1) is 0 Å². The van der Waals surface area contributed by atoms with Gasteiger partial charge >= 0.3 is 6.03 Å². The van der Waals surface area contributed by atoms with Crippen molar-refractivity contribution < 1.29 is 13.6 Å². The number of fused-ring (bicyclic) bond motifs is 1. The fourth-order valence-corrected chi connectivity index (χ4v) is 3.93. The second-order valence-electron chi connectivity index (χ2n) is 7.44. The molecule has 7 heteroatoms. The SMILES string of the molecule is Cc1c([C@H]2CN(C(=O)NCCCCC(F)F)[C@@H](C)c3ccccc32)cnn1C. The number of aromatic nitrogens is 2. The summed E-state index contributed by atoms with van der Waals surface area (Å²) >= 11 is 0. The van der Waals surface area contributed by atoms with Gasteiger partial charge in [0, 0.05) is 43.7 Å². The number of nitrogens with zero attached hydrogens (tertiary/aromatic N) is 3. The highest BCUT2D eigenvalue weighted by Crippen LogP contribution is 2.39. The quantitative estimate of drug-likeness (QED) is 0.744. The van der Waals surface area contributed by atoms with Crippen molar-refractivity contribution in [1.29, 1.82) is 0 Å². The molecule has 1 aromatic carbocycles. The molecule has 1 aliphatic rings. The monoisotopic (exact) mass is 390 g/mol. The van der Waals surface area contributed by atoms with E-state index in [1.165, 1.54) is 5.56 Å². The Morgan fingerprint density at radius 1 is 1.25 bits per heavy atom. The molecule has 2 heterocycles. The van der Waals surface area contributed by atoms with Crippen LogP contribution in [0, 0.1) is 6.92 Å². The average molecular weight is 390 g/mol. The van der Waals surface area contributed by atoms with Gasteiger partial charge in [-0.3, -0.25) is 4.68 Å². The van der Waals surface area contributed by atoms with E-state index in [2.05, 4.69) is 22.5 Å². The Balaban J connectivity index is 1.76. The van der Waals surface area contributed by atoms with E-state index in [1.807, 2.05) is 48.8 Å². The number of carbonyl (C=O) groups excluding carboxylic acids is 1. The number of carbonyl (C=O) groups is 1. The maximum Gasteiger partial charge on any atom is 0.317 e. The number of nitrogens with one attached hydrogen (secondary N) is 1. The summed E-state index contributed by atoms with van der Waals surface area (Å²) < 4.78 is 26.3. The summed E-state index contributed by atoms with van der Waals surface area (Å²) in [7, 11) is 1.92. The van der Waals surface area contributed by atoms with Gasteiger partial charge in [0.05, 0.1) is 12.2 Å². The molecule has 0 saturated carbocycles. The summed E-state index contributed by atoms with van der Waals surface area (Å²) in [6, 6.07) is 8.02. The Hall–Kier alpha value is -2.44. The third-order valence-electron chi connectivity index (χ3n) is 5.70. The molecule has 28 heavy (non-hydrogen) atoms.